The maximum absolute atomic E-state index is 11.7. The third-order valence-electron chi connectivity index (χ3n) is 5.02. The van der Waals surface area contributed by atoms with Crippen LogP contribution in [-0.4, -0.2) is 52.6 Å². The molecule has 0 radical (unpaired) electrons. The first-order chi connectivity index (χ1) is 12.1. The maximum atomic E-state index is 11.7. The molecule has 2 N–H and O–H groups in total. The van der Waals surface area contributed by atoms with Crippen LogP contribution < -0.4 is 14.9 Å². The van der Waals surface area contributed by atoms with Crippen molar-refractivity contribution in [1.29, 1.82) is 0 Å². The van der Waals surface area contributed by atoms with E-state index in [1.165, 1.54) is 12.8 Å². The smallest absolute Gasteiger partial charge is 0.232 e. The average molecular weight is 368 g/mol. The highest BCUT2D eigenvalue weighted by molar-refractivity contribution is 7.92. The van der Waals surface area contributed by atoms with Gasteiger partial charge in [-0.2, -0.15) is 0 Å². The molecule has 0 amide bonds. The van der Waals surface area contributed by atoms with Crippen molar-refractivity contribution >= 4 is 21.4 Å². The summed E-state index contributed by atoms with van der Waals surface area (Å²) < 4.78 is 31.8. The van der Waals surface area contributed by atoms with E-state index in [2.05, 4.69) is 14.9 Å². The number of hydrogen-bond donors (Lipinski definition) is 2. The van der Waals surface area contributed by atoms with E-state index in [1.54, 1.807) is 13.0 Å². The normalized spacial score (nSPS) is 22.3. The van der Waals surface area contributed by atoms with Crippen LogP contribution in [0.5, 0.6) is 0 Å². The van der Waals surface area contributed by atoms with E-state index in [0.717, 1.165) is 44.8 Å². The van der Waals surface area contributed by atoms with E-state index in [1.807, 2.05) is 18.2 Å². The molecule has 0 aromatic heterocycles. The zero-order valence-electron chi connectivity index (χ0n) is 14.9. The van der Waals surface area contributed by atoms with Gasteiger partial charge in [0.05, 0.1) is 17.5 Å². The lowest BCUT2D eigenvalue weighted by Gasteiger charge is -2.34. The first-order valence-corrected chi connectivity index (χ1v) is 10.9. The highest BCUT2D eigenvalue weighted by atomic mass is 32.2. The van der Waals surface area contributed by atoms with Crippen molar-refractivity contribution in [1.82, 2.24) is 5.32 Å². The molecule has 1 aromatic carbocycles. The Morgan fingerprint density at radius 1 is 1.24 bits per heavy atom. The summed E-state index contributed by atoms with van der Waals surface area (Å²) in [5, 5.41) is 3.64. The van der Waals surface area contributed by atoms with E-state index < -0.39 is 10.0 Å². The molecule has 2 aliphatic rings. The highest BCUT2D eigenvalue weighted by Gasteiger charge is 2.22. The standard InChI is InChI=1S/C18H29N3O3S/c1-2-25(22,23)20-16-5-3-6-17(13-16)21-10-8-15(9-11-21)19-14-18-7-4-12-24-18/h3,5-6,13,15,18-20H,2,4,7-12,14H2,1H3. The van der Waals surface area contributed by atoms with Crippen molar-refractivity contribution in [2.75, 3.05) is 41.6 Å². The molecule has 0 spiro atoms. The van der Waals surface area contributed by atoms with Gasteiger partial charge in [-0.15, -0.1) is 0 Å². The summed E-state index contributed by atoms with van der Waals surface area (Å²) in [6.45, 7) is 5.46. The second kappa shape index (κ2) is 8.38. The molecule has 1 aromatic rings. The SMILES string of the molecule is CCS(=O)(=O)Nc1cccc(N2CCC(NCC3CCCO3)CC2)c1. The minimum Gasteiger partial charge on any atom is -0.377 e. The van der Waals surface area contributed by atoms with Gasteiger partial charge in [0.2, 0.25) is 10.0 Å². The summed E-state index contributed by atoms with van der Waals surface area (Å²) in [6.07, 6.45) is 4.94. The lowest BCUT2D eigenvalue weighted by Crippen LogP contribution is -2.44. The Hall–Kier alpha value is -1.31. The number of nitrogens with one attached hydrogen (secondary N) is 2. The first kappa shape index (κ1) is 18.5. The number of piperidine rings is 1. The fraction of sp³-hybridized carbons (Fsp3) is 0.667. The third kappa shape index (κ3) is 5.33. The summed E-state index contributed by atoms with van der Waals surface area (Å²) in [5.74, 6) is 0.0823. The Kier molecular flexibility index (Phi) is 6.19. The topological polar surface area (TPSA) is 70.7 Å². The van der Waals surface area contributed by atoms with Crippen LogP contribution in [0.3, 0.4) is 0 Å². The molecule has 25 heavy (non-hydrogen) atoms. The van der Waals surface area contributed by atoms with Gasteiger partial charge in [0, 0.05) is 38.0 Å². The lowest BCUT2D eigenvalue weighted by atomic mass is 10.0. The molecule has 0 saturated carbocycles. The molecule has 140 valence electrons. The van der Waals surface area contributed by atoms with Gasteiger partial charge in [-0.3, -0.25) is 4.72 Å². The fourth-order valence-corrected chi connectivity index (χ4v) is 4.09. The zero-order valence-corrected chi connectivity index (χ0v) is 15.7. The molecular weight excluding hydrogens is 338 g/mol. The maximum Gasteiger partial charge on any atom is 0.232 e. The molecule has 2 saturated heterocycles. The molecule has 2 aliphatic heterocycles. The third-order valence-corrected chi connectivity index (χ3v) is 6.32. The monoisotopic (exact) mass is 367 g/mol. The Morgan fingerprint density at radius 2 is 2.04 bits per heavy atom. The predicted octanol–water partition coefficient (Wildman–Crippen LogP) is 2.19. The van der Waals surface area contributed by atoms with Gasteiger partial charge < -0.3 is 15.0 Å². The van der Waals surface area contributed by atoms with Crippen LogP contribution in [0.4, 0.5) is 11.4 Å². The second-order valence-corrected chi connectivity index (χ2v) is 8.87. The van der Waals surface area contributed by atoms with Gasteiger partial charge in [-0.25, -0.2) is 8.42 Å². The number of nitrogens with zero attached hydrogens (tertiary/aromatic N) is 1. The number of hydrogen-bond acceptors (Lipinski definition) is 5. The molecule has 0 aliphatic carbocycles. The average Bonchev–Trinajstić information content (AvgIpc) is 3.14. The van der Waals surface area contributed by atoms with Crippen molar-refractivity contribution in [2.45, 2.75) is 44.8 Å². The summed E-state index contributed by atoms with van der Waals surface area (Å²) in [7, 11) is -3.23. The van der Waals surface area contributed by atoms with Crippen molar-refractivity contribution in [3.63, 3.8) is 0 Å². The Labute approximate surface area is 151 Å². The van der Waals surface area contributed by atoms with Crippen LogP contribution in [-0.2, 0) is 14.8 Å². The highest BCUT2D eigenvalue weighted by Crippen LogP contribution is 2.24. The summed E-state index contributed by atoms with van der Waals surface area (Å²) in [6, 6.07) is 8.22. The number of benzene rings is 1. The van der Waals surface area contributed by atoms with Crippen LogP contribution in [0.15, 0.2) is 24.3 Å². The van der Waals surface area contributed by atoms with E-state index in [9.17, 15) is 8.42 Å². The minimum atomic E-state index is -3.23. The Morgan fingerprint density at radius 3 is 2.72 bits per heavy atom. The molecule has 1 atom stereocenters. The van der Waals surface area contributed by atoms with E-state index in [-0.39, 0.29) is 5.75 Å². The zero-order chi connectivity index (χ0) is 17.7. The number of ether oxygens (including phenoxy) is 1. The first-order valence-electron chi connectivity index (χ1n) is 9.26. The quantitative estimate of drug-likeness (QED) is 0.773. The Balaban J connectivity index is 1.50. The molecule has 1 unspecified atom stereocenters. The van der Waals surface area contributed by atoms with Crippen molar-refractivity contribution in [3.8, 4) is 0 Å². The van der Waals surface area contributed by atoms with Gasteiger partial charge in [0.25, 0.3) is 0 Å². The number of sulfonamides is 1. The van der Waals surface area contributed by atoms with Gasteiger partial charge >= 0.3 is 0 Å². The fourth-order valence-electron chi connectivity index (χ4n) is 3.46. The minimum absolute atomic E-state index is 0.0823. The van der Waals surface area contributed by atoms with E-state index in [0.29, 0.717) is 17.8 Å². The van der Waals surface area contributed by atoms with Gasteiger partial charge in [-0.05, 0) is 50.8 Å². The second-order valence-electron chi connectivity index (χ2n) is 6.86. The molecule has 3 rings (SSSR count). The summed E-state index contributed by atoms with van der Waals surface area (Å²) >= 11 is 0. The molecule has 2 heterocycles. The van der Waals surface area contributed by atoms with Gasteiger partial charge in [0.15, 0.2) is 0 Å². The van der Waals surface area contributed by atoms with Crippen LogP contribution >= 0.6 is 0 Å². The molecule has 7 heteroatoms. The molecular formula is C18H29N3O3S. The van der Waals surface area contributed by atoms with Crippen LogP contribution in [0.1, 0.15) is 32.6 Å². The van der Waals surface area contributed by atoms with Crippen LogP contribution in [0.2, 0.25) is 0 Å². The van der Waals surface area contributed by atoms with Crippen LogP contribution in [0.25, 0.3) is 0 Å². The number of rotatable bonds is 7. The predicted molar refractivity (Wildman–Crippen MR) is 102 cm³/mol. The lowest BCUT2D eigenvalue weighted by molar-refractivity contribution is 0.106. The largest absolute Gasteiger partial charge is 0.377 e. The molecule has 6 nitrogen and oxygen atoms in total. The van der Waals surface area contributed by atoms with Crippen molar-refractivity contribution < 1.29 is 13.2 Å². The van der Waals surface area contributed by atoms with Crippen molar-refractivity contribution in [3.05, 3.63) is 24.3 Å². The summed E-state index contributed by atoms with van der Waals surface area (Å²) in [5.41, 5.74) is 1.71. The van der Waals surface area contributed by atoms with Gasteiger partial charge in [0.1, 0.15) is 0 Å². The number of anilines is 2. The van der Waals surface area contributed by atoms with Gasteiger partial charge in [-0.1, -0.05) is 6.07 Å². The molecule has 2 fully saturated rings. The van der Waals surface area contributed by atoms with Crippen LogP contribution in [0, 0.1) is 0 Å². The van der Waals surface area contributed by atoms with E-state index >= 15 is 0 Å². The molecule has 0 bridgehead atoms. The van der Waals surface area contributed by atoms with E-state index in [4.69, 9.17) is 4.74 Å². The Bertz CT molecular complexity index is 651. The van der Waals surface area contributed by atoms with Crippen molar-refractivity contribution in [2.24, 2.45) is 0 Å². The summed E-state index contributed by atoms with van der Waals surface area (Å²) in [4.78, 5) is 2.33.